The minimum atomic E-state index is -0.602. The first kappa shape index (κ1) is 14.5. The van der Waals surface area contributed by atoms with E-state index in [9.17, 15) is 9.50 Å². The molecule has 3 heteroatoms. The van der Waals surface area contributed by atoms with E-state index in [2.05, 4.69) is 11.4 Å². The molecule has 0 spiro atoms. The first-order valence-corrected chi connectivity index (χ1v) is 6.67. The number of aryl methyl sites for hydroxylation is 2. The maximum Gasteiger partial charge on any atom is 0.123 e. The number of benzene rings is 2. The Morgan fingerprint density at radius 1 is 1.10 bits per heavy atom. The van der Waals surface area contributed by atoms with Crippen molar-refractivity contribution in [3.63, 3.8) is 0 Å². The average molecular weight is 273 g/mol. The molecule has 1 atom stereocenters. The maximum atomic E-state index is 13.0. The number of halogens is 1. The topological polar surface area (TPSA) is 32.3 Å². The van der Waals surface area contributed by atoms with Crippen molar-refractivity contribution in [2.45, 2.75) is 26.3 Å². The molecule has 0 aromatic heterocycles. The van der Waals surface area contributed by atoms with Crippen molar-refractivity contribution in [2.24, 2.45) is 0 Å². The van der Waals surface area contributed by atoms with Crippen LogP contribution in [0.5, 0.6) is 0 Å². The minimum absolute atomic E-state index is 0.0473. The van der Waals surface area contributed by atoms with Crippen LogP contribution in [0.1, 0.15) is 23.6 Å². The summed E-state index contributed by atoms with van der Waals surface area (Å²) in [5, 5.41) is 13.1. The Kier molecular flexibility index (Phi) is 4.09. The molecule has 0 aliphatic heterocycles. The van der Waals surface area contributed by atoms with Gasteiger partial charge in [-0.2, -0.15) is 0 Å². The molecule has 2 rings (SSSR count). The van der Waals surface area contributed by atoms with Gasteiger partial charge in [0, 0.05) is 5.69 Å². The molecule has 2 nitrogen and oxygen atoms in total. The fraction of sp³-hybridized carbons (Fsp3) is 0.294. The molecule has 0 aliphatic rings. The molecule has 2 aromatic carbocycles. The molecule has 0 amide bonds. The van der Waals surface area contributed by atoms with E-state index < -0.39 is 5.54 Å². The summed E-state index contributed by atoms with van der Waals surface area (Å²) in [6.07, 6.45) is 0. The second kappa shape index (κ2) is 5.63. The van der Waals surface area contributed by atoms with Crippen molar-refractivity contribution in [1.29, 1.82) is 0 Å². The molecule has 2 aromatic rings. The van der Waals surface area contributed by atoms with Crippen molar-refractivity contribution in [3.8, 4) is 0 Å². The highest BCUT2D eigenvalue weighted by Gasteiger charge is 2.27. The van der Waals surface area contributed by atoms with Gasteiger partial charge in [0.1, 0.15) is 5.82 Å². The standard InChI is InChI=1S/C17H20FNO/c1-12-4-9-16(13(2)10-12)17(3,11-20)19-15-7-5-14(18)6-8-15/h4-10,19-20H,11H2,1-3H3. The summed E-state index contributed by atoms with van der Waals surface area (Å²) in [4.78, 5) is 0. The van der Waals surface area contributed by atoms with E-state index in [4.69, 9.17) is 0 Å². The van der Waals surface area contributed by atoms with Crippen LogP contribution < -0.4 is 5.32 Å². The summed E-state index contributed by atoms with van der Waals surface area (Å²) in [5.74, 6) is -0.271. The molecule has 0 radical (unpaired) electrons. The fourth-order valence-electron chi connectivity index (χ4n) is 2.48. The van der Waals surface area contributed by atoms with Crippen LogP contribution in [0, 0.1) is 19.7 Å². The monoisotopic (exact) mass is 273 g/mol. The second-order valence-electron chi connectivity index (χ2n) is 5.44. The van der Waals surface area contributed by atoms with E-state index in [0.717, 1.165) is 16.8 Å². The molecular formula is C17H20FNO. The van der Waals surface area contributed by atoms with Gasteiger partial charge in [0.2, 0.25) is 0 Å². The summed E-state index contributed by atoms with van der Waals surface area (Å²) in [7, 11) is 0. The van der Waals surface area contributed by atoms with Gasteiger partial charge in [0.15, 0.2) is 0 Å². The number of aliphatic hydroxyl groups is 1. The number of nitrogens with one attached hydrogen (secondary N) is 1. The van der Waals surface area contributed by atoms with Gasteiger partial charge in [0.05, 0.1) is 12.1 Å². The SMILES string of the molecule is Cc1ccc(C(C)(CO)Nc2ccc(F)cc2)c(C)c1. The molecule has 106 valence electrons. The lowest BCUT2D eigenvalue weighted by molar-refractivity contribution is 0.223. The van der Waals surface area contributed by atoms with E-state index in [1.54, 1.807) is 12.1 Å². The Hall–Kier alpha value is -1.87. The lowest BCUT2D eigenvalue weighted by Gasteiger charge is -2.32. The van der Waals surface area contributed by atoms with Crippen molar-refractivity contribution in [2.75, 3.05) is 11.9 Å². The third-order valence-corrected chi connectivity index (χ3v) is 3.56. The third kappa shape index (κ3) is 2.99. The fourth-order valence-corrected chi connectivity index (χ4v) is 2.48. The Bertz CT molecular complexity index is 594. The minimum Gasteiger partial charge on any atom is -0.394 e. The first-order valence-electron chi connectivity index (χ1n) is 6.67. The summed E-state index contributed by atoms with van der Waals surface area (Å²) < 4.78 is 13.0. The lowest BCUT2D eigenvalue weighted by atomic mass is 9.88. The van der Waals surface area contributed by atoms with Crippen molar-refractivity contribution >= 4 is 5.69 Å². The summed E-state index contributed by atoms with van der Waals surface area (Å²) in [6.45, 7) is 5.96. The zero-order valence-corrected chi connectivity index (χ0v) is 12.1. The predicted molar refractivity (Wildman–Crippen MR) is 80.4 cm³/mol. The zero-order valence-electron chi connectivity index (χ0n) is 12.1. The molecule has 2 N–H and O–H groups in total. The van der Waals surface area contributed by atoms with E-state index in [1.165, 1.54) is 17.7 Å². The smallest absolute Gasteiger partial charge is 0.123 e. The van der Waals surface area contributed by atoms with Gasteiger partial charge in [0.25, 0.3) is 0 Å². The molecule has 0 saturated heterocycles. The molecule has 0 fully saturated rings. The van der Waals surface area contributed by atoms with Crippen LogP contribution >= 0.6 is 0 Å². The van der Waals surface area contributed by atoms with Crippen molar-refractivity contribution in [1.82, 2.24) is 0 Å². The Labute approximate surface area is 119 Å². The van der Waals surface area contributed by atoms with E-state index in [1.807, 2.05) is 32.9 Å². The van der Waals surface area contributed by atoms with Crippen molar-refractivity contribution in [3.05, 3.63) is 65.0 Å². The predicted octanol–water partition coefficient (Wildman–Crippen LogP) is 3.76. The van der Waals surface area contributed by atoms with Gasteiger partial charge >= 0.3 is 0 Å². The Morgan fingerprint density at radius 2 is 1.75 bits per heavy atom. The summed E-state index contributed by atoms with van der Waals surface area (Å²) in [5.41, 5.74) is 3.53. The normalized spacial score (nSPS) is 13.8. The van der Waals surface area contributed by atoms with Gasteiger partial charge in [-0.3, -0.25) is 0 Å². The molecule has 0 heterocycles. The number of hydrogen-bond acceptors (Lipinski definition) is 2. The lowest BCUT2D eigenvalue weighted by Crippen LogP contribution is -2.36. The van der Waals surface area contributed by atoms with Crippen LogP contribution in [-0.4, -0.2) is 11.7 Å². The Balaban J connectivity index is 2.35. The van der Waals surface area contributed by atoms with Gasteiger partial charge in [-0.15, -0.1) is 0 Å². The van der Waals surface area contributed by atoms with E-state index in [0.29, 0.717) is 0 Å². The largest absolute Gasteiger partial charge is 0.394 e. The average Bonchev–Trinajstić information content (AvgIpc) is 2.41. The third-order valence-electron chi connectivity index (χ3n) is 3.56. The van der Waals surface area contributed by atoms with Crippen LogP contribution in [0.3, 0.4) is 0 Å². The first-order chi connectivity index (χ1) is 9.44. The number of aliphatic hydroxyl groups excluding tert-OH is 1. The Morgan fingerprint density at radius 3 is 2.30 bits per heavy atom. The number of anilines is 1. The molecular weight excluding hydrogens is 253 g/mol. The van der Waals surface area contributed by atoms with Gasteiger partial charge in [-0.05, 0) is 56.2 Å². The van der Waals surface area contributed by atoms with Crippen LogP contribution in [-0.2, 0) is 5.54 Å². The van der Waals surface area contributed by atoms with Gasteiger partial charge in [-0.1, -0.05) is 23.8 Å². The molecule has 0 bridgehead atoms. The van der Waals surface area contributed by atoms with Crippen molar-refractivity contribution < 1.29 is 9.50 Å². The maximum absolute atomic E-state index is 13.0. The second-order valence-corrected chi connectivity index (χ2v) is 5.44. The molecule has 20 heavy (non-hydrogen) atoms. The van der Waals surface area contributed by atoms with Gasteiger partial charge < -0.3 is 10.4 Å². The molecule has 0 aliphatic carbocycles. The summed E-state index contributed by atoms with van der Waals surface area (Å²) >= 11 is 0. The molecule has 1 unspecified atom stereocenters. The van der Waals surface area contributed by atoms with E-state index in [-0.39, 0.29) is 12.4 Å². The van der Waals surface area contributed by atoms with Gasteiger partial charge in [-0.25, -0.2) is 4.39 Å². The zero-order chi connectivity index (χ0) is 14.8. The van der Waals surface area contributed by atoms with Crippen LogP contribution in [0.4, 0.5) is 10.1 Å². The molecule has 0 saturated carbocycles. The number of rotatable bonds is 4. The highest BCUT2D eigenvalue weighted by Crippen LogP contribution is 2.29. The van der Waals surface area contributed by atoms with Crippen LogP contribution in [0.15, 0.2) is 42.5 Å². The number of hydrogen-bond donors (Lipinski definition) is 2. The summed E-state index contributed by atoms with van der Waals surface area (Å²) in [6, 6.07) is 12.3. The van der Waals surface area contributed by atoms with Crippen LogP contribution in [0.25, 0.3) is 0 Å². The quantitative estimate of drug-likeness (QED) is 0.889. The highest BCUT2D eigenvalue weighted by atomic mass is 19.1. The highest BCUT2D eigenvalue weighted by molar-refractivity contribution is 5.49. The van der Waals surface area contributed by atoms with Crippen LogP contribution in [0.2, 0.25) is 0 Å². The van der Waals surface area contributed by atoms with E-state index >= 15 is 0 Å².